The van der Waals surface area contributed by atoms with Gasteiger partial charge in [0.25, 0.3) is 5.91 Å². The summed E-state index contributed by atoms with van der Waals surface area (Å²) in [5.74, 6) is -1.53. The van der Waals surface area contributed by atoms with Crippen molar-refractivity contribution >= 4 is 27.8 Å². The van der Waals surface area contributed by atoms with Crippen molar-refractivity contribution in [3.05, 3.63) is 46.5 Å². The molecule has 0 spiro atoms. The molecule has 8 heteroatoms. The van der Waals surface area contributed by atoms with Gasteiger partial charge in [0.05, 0.1) is 12.7 Å². The molecule has 22 heavy (non-hydrogen) atoms. The summed E-state index contributed by atoms with van der Waals surface area (Å²) in [4.78, 5) is 23.6. The van der Waals surface area contributed by atoms with Gasteiger partial charge in [-0.25, -0.2) is 4.79 Å². The fourth-order valence-electron chi connectivity index (χ4n) is 1.64. The van der Waals surface area contributed by atoms with E-state index in [2.05, 4.69) is 32.6 Å². The molecule has 0 aromatic heterocycles. The van der Waals surface area contributed by atoms with Crippen LogP contribution in [0.5, 0.6) is 0 Å². The zero-order valence-electron chi connectivity index (χ0n) is 11.5. The average Bonchev–Trinajstić information content (AvgIpc) is 2.44. The number of amides is 1. The first kappa shape index (κ1) is 18.2. The van der Waals surface area contributed by atoms with Gasteiger partial charge in [-0.1, -0.05) is 28.6 Å². The Morgan fingerprint density at radius 1 is 1.41 bits per heavy atom. The molecule has 0 radical (unpaired) electrons. The first-order chi connectivity index (χ1) is 10.1. The number of nitrogens with one attached hydrogen (secondary N) is 1. The molecule has 0 unspecified atom stereocenters. The van der Waals surface area contributed by atoms with E-state index in [0.717, 1.165) is 19.2 Å². The smallest absolute Gasteiger partial charge is 0.416 e. The Kier molecular flexibility index (Phi) is 6.16. The van der Waals surface area contributed by atoms with Crippen LogP contribution in [-0.2, 0) is 15.7 Å². The van der Waals surface area contributed by atoms with E-state index in [1.807, 2.05) is 0 Å². The Morgan fingerprint density at radius 2 is 2.05 bits per heavy atom. The number of carbonyl (C=O) groups is 2. The summed E-state index contributed by atoms with van der Waals surface area (Å²) in [6.07, 6.45) is -4.50. The molecule has 1 N–H and O–H groups in total. The largest absolute Gasteiger partial charge is 0.467 e. The van der Waals surface area contributed by atoms with E-state index in [9.17, 15) is 22.8 Å². The molecule has 0 aliphatic rings. The Balaban J connectivity index is 2.95. The number of methoxy groups -OCH3 is 1. The molecule has 0 aliphatic heterocycles. The van der Waals surface area contributed by atoms with E-state index >= 15 is 0 Å². The van der Waals surface area contributed by atoms with Gasteiger partial charge in [0.15, 0.2) is 0 Å². The highest BCUT2D eigenvalue weighted by Gasteiger charge is 2.31. The summed E-state index contributed by atoms with van der Waals surface area (Å²) in [5, 5.41) is 2.32. The van der Waals surface area contributed by atoms with Crippen molar-refractivity contribution in [2.24, 2.45) is 0 Å². The van der Waals surface area contributed by atoms with E-state index in [1.165, 1.54) is 6.07 Å². The Hall–Kier alpha value is -1.83. The maximum absolute atomic E-state index is 12.6. The Bertz CT molecular complexity index is 587. The van der Waals surface area contributed by atoms with E-state index in [-0.39, 0.29) is 12.0 Å². The van der Waals surface area contributed by atoms with Gasteiger partial charge < -0.3 is 10.1 Å². The van der Waals surface area contributed by atoms with E-state index in [1.54, 1.807) is 0 Å². The molecule has 1 amide bonds. The lowest BCUT2D eigenvalue weighted by Gasteiger charge is -2.16. The van der Waals surface area contributed by atoms with Gasteiger partial charge in [0.2, 0.25) is 0 Å². The van der Waals surface area contributed by atoms with Crippen molar-refractivity contribution in [1.29, 1.82) is 0 Å². The number of halogens is 4. The standard InChI is InChI=1S/C14H13BrF3NO3/c1-8(15)6-11(13(21)22-2)19-12(20)9-4-3-5-10(7-9)14(16,17)18/h3-5,7,11H,1,6H2,2H3,(H,19,20)/t11-/m1/s1. The second-order valence-corrected chi connectivity index (χ2v) is 5.47. The van der Waals surface area contributed by atoms with Gasteiger partial charge in [0, 0.05) is 12.0 Å². The number of carbonyl (C=O) groups excluding carboxylic acids is 2. The zero-order chi connectivity index (χ0) is 16.9. The van der Waals surface area contributed by atoms with Gasteiger partial charge >= 0.3 is 12.1 Å². The Labute approximate surface area is 133 Å². The van der Waals surface area contributed by atoms with Crippen LogP contribution in [0.25, 0.3) is 0 Å². The van der Waals surface area contributed by atoms with Crippen LogP contribution >= 0.6 is 15.9 Å². The first-order valence-corrected chi connectivity index (χ1v) is 6.83. The highest BCUT2D eigenvalue weighted by molar-refractivity contribution is 9.11. The van der Waals surface area contributed by atoms with Gasteiger partial charge in [-0.15, -0.1) is 0 Å². The van der Waals surface area contributed by atoms with Crippen molar-refractivity contribution < 1.29 is 27.5 Å². The van der Waals surface area contributed by atoms with Crippen LogP contribution in [0.4, 0.5) is 13.2 Å². The molecule has 0 bridgehead atoms. The number of esters is 1. The van der Waals surface area contributed by atoms with Crippen molar-refractivity contribution in [2.75, 3.05) is 7.11 Å². The van der Waals surface area contributed by atoms with Crippen molar-refractivity contribution in [3.63, 3.8) is 0 Å². The lowest BCUT2D eigenvalue weighted by molar-refractivity contribution is -0.143. The van der Waals surface area contributed by atoms with Crippen molar-refractivity contribution in [1.82, 2.24) is 5.32 Å². The molecule has 1 aromatic carbocycles. The van der Waals surface area contributed by atoms with Gasteiger partial charge in [-0.3, -0.25) is 4.79 Å². The van der Waals surface area contributed by atoms with Crippen LogP contribution in [0.15, 0.2) is 35.3 Å². The predicted octanol–water partition coefficient (Wildman–Crippen LogP) is 3.28. The number of hydrogen-bond donors (Lipinski definition) is 1. The highest BCUT2D eigenvalue weighted by Crippen LogP contribution is 2.29. The van der Waals surface area contributed by atoms with Crippen molar-refractivity contribution in [3.8, 4) is 0 Å². The van der Waals surface area contributed by atoms with Crippen LogP contribution in [-0.4, -0.2) is 25.0 Å². The average molecular weight is 380 g/mol. The summed E-state index contributed by atoms with van der Waals surface area (Å²) in [6, 6.07) is 2.87. The molecule has 0 saturated carbocycles. The van der Waals surface area contributed by atoms with Crippen LogP contribution in [0.2, 0.25) is 0 Å². The van der Waals surface area contributed by atoms with E-state index < -0.39 is 29.7 Å². The second kappa shape index (κ2) is 7.44. The van der Waals surface area contributed by atoms with Crippen LogP contribution in [0, 0.1) is 0 Å². The van der Waals surface area contributed by atoms with Gasteiger partial charge in [-0.2, -0.15) is 13.2 Å². The monoisotopic (exact) mass is 379 g/mol. The van der Waals surface area contributed by atoms with Crippen molar-refractivity contribution in [2.45, 2.75) is 18.6 Å². The fraction of sp³-hybridized carbons (Fsp3) is 0.286. The third-order valence-corrected chi connectivity index (χ3v) is 2.99. The Morgan fingerprint density at radius 3 is 2.55 bits per heavy atom. The SMILES string of the molecule is C=C(Br)C[C@@H](NC(=O)c1cccc(C(F)(F)F)c1)C(=O)OC. The maximum Gasteiger partial charge on any atom is 0.416 e. The van der Waals surface area contributed by atoms with Gasteiger partial charge in [-0.05, 0) is 22.7 Å². The molecule has 1 rings (SSSR count). The minimum Gasteiger partial charge on any atom is -0.467 e. The first-order valence-electron chi connectivity index (χ1n) is 6.04. The lowest BCUT2D eigenvalue weighted by atomic mass is 10.1. The molecular weight excluding hydrogens is 367 g/mol. The molecule has 1 atom stereocenters. The van der Waals surface area contributed by atoms with E-state index in [0.29, 0.717) is 10.5 Å². The van der Waals surface area contributed by atoms with Gasteiger partial charge in [0.1, 0.15) is 6.04 Å². The number of benzene rings is 1. The number of ether oxygens (including phenoxy) is 1. The summed E-state index contributed by atoms with van der Waals surface area (Å²) in [6.45, 7) is 3.55. The highest BCUT2D eigenvalue weighted by atomic mass is 79.9. The third kappa shape index (κ3) is 5.18. The minimum absolute atomic E-state index is 0.0530. The molecule has 4 nitrogen and oxygen atoms in total. The number of hydrogen-bond acceptors (Lipinski definition) is 3. The topological polar surface area (TPSA) is 55.4 Å². The molecule has 120 valence electrons. The third-order valence-electron chi connectivity index (χ3n) is 2.67. The summed E-state index contributed by atoms with van der Waals surface area (Å²) < 4.78 is 42.8. The summed E-state index contributed by atoms with van der Waals surface area (Å²) in [5.41, 5.74) is -1.15. The zero-order valence-corrected chi connectivity index (χ0v) is 13.1. The number of rotatable bonds is 5. The normalized spacial score (nSPS) is 12.4. The van der Waals surface area contributed by atoms with E-state index in [4.69, 9.17) is 0 Å². The summed E-state index contributed by atoms with van der Waals surface area (Å²) in [7, 11) is 1.14. The quantitative estimate of drug-likeness (QED) is 0.798. The number of alkyl halides is 3. The van der Waals surface area contributed by atoms with Crippen LogP contribution < -0.4 is 5.32 Å². The molecule has 0 aliphatic carbocycles. The second-order valence-electron chi connectivity index (χ2n) is 4.35. The minimum atomic E-state index is -4.55. The lowest BCUT2D eigenvalue weighted by Crippen LogP contribution is -2.41. The summed E-state index contributed by atoms with van der Waals surface area (Å²) >= 11 is 3.05. The van der Waals surface area contributed by atoms with Crippen LogP contribution in [0.1, 0.15) is 22.3 Å². The van der Waals surface area contributed by atoms with Crippen LogP contribution in [0.3, 0.4) is 0 Å². The molecule has 0 fully saturated rings. The molecular formula is C14H13BrF3NO3. The predicted molar refractivity (Wildman–Crippen MR) is 77.4 cm³/mol. The molecule has 0 heterocycles. The molecule has 1 aromatic rings. The molecule has 0 saturated heterocycles. The fourth-order valence-corrected chi connectivity index (χ4v) is 1.96. The maximum atomic E-state index is 12.6.